The van der Waals surface area contributed by atoms with E-state index in [-0.39, 0.29) is 83.1 Å². The normalized spacial score (nSPS) is 14.2. The fourth-order valence-corrected chi connectivity index (χ4v) is 10.7. The molecule has 0 unspecified atom stereocenters. The first-order valence-electron chi connectivity index (χ1n) is 28.6. The van der Waals surface area contributed by atoms with Crippen molar-refractivity contribution < 1.29 is 101 Å². The van der Waals surface area contributed by atoms with Crippen molar-refractivity contribution in [2.75, 3.05) is 30.0 Å². The zero-order valence-electron chi connectivity index (χ0n) is 51.5. The monoisotopic (exact) mass is 1390 g/mol. The molecule has 0 saturated carbocycles. The van der Waals surface area contributed by atoms with E-state index in [1.807, 2.05) is 36.4 Å². The van der Waals surface area contributed by atoms with Gasteiger partial charge in [-0.15, -0.1) is 20.3 Å². The zero-order chi connectivity index (χ0) is 68.5. The number of hydrazine groups is 2. The van der Waals surface area contributed by atoms with E-state index in [4.69, 9.17) is 24.0 Å². The third-order valence-electron chi connectivity index (χ3n) is 11.2. The number of carbonyl (C=O) groups excluding carboxylic acids is 15. The number of hydroxylamine groups is 8. The first-order valence-corrected chi connectivity index (χ1v) is 33.2. The van der Waals surface area contributed by atoms with Crippen LogP contribution in [-0.4, -0.2) is 155 Å². The second kappa shape index (κ2) is 41.0. The van der Waals surface area contributed by atoms with E-state index >= 15 is 0 Å². The summed E-state index contributed by atoms with van der Waals surface area (Å²) in [7, 11) is 6.05. The molecule has 36 heteroatoms. The van der Waals surface area contributed by atoms with Crippen LogP contribution in [0.3, 0.4) is 0 Å². The standard InChI is InChI=1S/C18H23N3O5S2.C16H19N3O6.C12H12N2O4S2.C11H17N3O6.CH4/c22-14(10-13-27-28-15-6-3-5-12-20-15)19-11-4-1-2-7-18(25)26-21-16(23)8-9-17(21)24;1-16(2,3)24-15(23)18-17-11-6-4-10(5-7-11)14(22)25-19-12(20)8-9-13(19)21;15-10-4-5-11(16)14(10)18-12(17)6-8-19-20-9-3-1-2-7-13-9;1-11(2,3)19-10(18)13-12-6-9(17)20-14-7(15)4-5-8(14)16;/h3,5-6,12H,1-2,4,7-11,13H2,(H,19,22);4-7,17H,8-9H2,1-3H3,(H,18,23);1-3,7H,4-6,8H2;12H,4-6H2,1-3H3,(H,13,18);1H4. The molecule has 512 valence electrons. The number of anilines is 1. The molecule has 1 aromatic carbocycles. The van der Waals surface area contributed by atoms with Gasteiger partial charge in [0.25, 0.3) is 47.3 Å². The SMILES string of the molecule is C.CC(C)(C)OC(=O)NNCC(=O)ON1C(=O)CCC1=O.CC(C)(C)OC(=O)NNc1ccc(C(=O)ON2C(=O)CCC2=O)cc1.O=C(CCSSc1ccccn1)NCCCCCC(=O)ON1C(=O)CCC1=O.O=C(CCSSc1ccccn1)ON1C(=O)CCC1=O. The molecule has 4 saturated heterocycles. The van der Waals surface area contributed by atoms with Crippen LogP contribution in [0.25, 0.3) is 0 Å². The van der Waals surface area contributed by atoms with Crippen LogP contribution in [0.1, 0.15) is 149 Å². The van der Waals surface area contributed by atoms with Gasteiger partial charge in [0.15, 0.2) is 0 Å². The molecule has 6 heterocycles. The molecular weight excluding hydrogens is 1310 g/mol. The van der Waals surface area contributed by atoms with Gasteiger partial charge in [0.1, 0.15) is 27.8 Å². The van der Waals surface area contributed by atoms with Gasteiger partial charge in [0, 0.05) is 94.7 Å². The Hall–Kier alpha value is -8.87. The average molecular weight is 1390 g/mol. The molecule has 32 nitrogen and oxygen atoms in total. The molecule has 0 aliphatic carbocycles. The van der Waals surface area contributed by atoms with Crippen molar-refractivity contribution in [3.05, 3.63) is 78.6 Å². The summed E-state index contributed by atoms with van der Waals surface area (Å²) in [6.45, 7) is 10.4. The van der Waals surface area contributed by atoms with Gasteiger partial charge in [0.2, 0.25) is 5.91 Å². The van der Waals surface area contributed by atoms with Gasteiger partial charge < -0.3 is 34.1 Å². The molecule has 7 rings (SSSR count). The Labute approximate surface area is 556 Å². The summed E-state index contributed by atoms with van der Waals surface area (Å²) in [5, 5.41) is 6.67. The smallest absolute Gasteiger partial charge is 0.426 e. The highest BCUT2D eigenvalue weighted by Gasteiger charge is 2.36. The van der Waals surface area contributed by atoms with E-state index in [9.17, 15) is 71.9 Å². The molecule has 4 aliphatic rings. The maximum Gasteiger partial charge on any atom is 0.426 e. The summed E-state index contributed by atoms with van der Waals surface area (Å²) in [5.41, 5.74) is 8.71. The number of benzene rings is 1. The number of nitrogens with one attached hydrogen (secondary N) is 5. The van der Waals surface area contributed by atoms with E-state index in [0.717, 1.165) is 22.9 Å². The van der Waals surface area contributed by atoms with Crippen LogP contribution in [-0.2, 0) is 86.4 Å². The maximum atomic E-state index is 11.9. The predicted octanol–water partition coefficient (Wildman–Crippen LogP) is 6.33. The number of ether oxygens (including phenoxy) is 2. The number of aromatic nitrogens is 2. The minimum atomic E-state index is -0.885. The summed E-state index contributed by atoms with van der Waals surface area (Å²) in [5.74, 6) is -5.75. The van der Waals surface area contributed by atoms with Gasteiger partial charge in [-0.1, -0.05) is 47.6 Å². The number of pyridine rings is 2. The molecule has 0 bridgehead atoms. The van der Waals surface area contributed by atoms with E-state index in [1.165, 1.54) is 45.9 Å². The highest BCUT2D eigenvalue weighted by atomic mass is 33.1. The van der Waals surface area contributed by atoms with Crippen molar-refractivity contribution >= 4 is 138 Å². The molecule has 4 aliphatic heterocycles. The van der Waals surface area contributed by atoms with Gasteiger partial charge in [-0.3, -0.25) is 54.0 Å². The first kappa shape index (κ1) is 79.4. The van der Waals surface area contributed by atoms with Gasteiger partial charge >= 0.3 is 36.1 Å². The van der Waals surface area contributed by atoms with Crippen LogP contribution in [0.4, 0.5) is 15.3 Å². The van der Waals surface area contributed by atoms with E-state index in [0.29, 0.717) is 56.8 Å². The fourth-order valence-electron chi connectivity index (χ4n) is 6.95. The van der Waals surface area contributed by atoms with Crippen molar-refractivity contribution in [3.8, 4) is 0 Å². The largest absolute Gasteiger partial charge is 0.443 e. The predicted molar refractivity (Wildman–Crippen MR) is 337 cm³/mol. The topological polar surface area (TPSA) is 410 Å². The van der Waals surface area contributed by atoms with Crippen LogP contribution < -0.4 is 27.0 Å². The van der Waals surface area contributed by atoms with Crippen molar-refractivity contribution in [2.45, 2.75) is 160 Å². The molecule has 0 radical (unpaired) electrons. The van der Waals surface area contributed by atoms with Gasteiger partial charge in [-0.05, 0) is 125 Å². The van der Waals surface area contributed by atoms with Crippen molar-refractivity contribution in [3.63, 3.8) is 0 Å². The van der Waals surface area contributed by atoms with Crippen molar-refractivity contribution in [2.24, 2.45) is 0 Å². The van der Waals surface area contributed by atoms with Crippen molar-refractivity contribution in [1.29, 1.82) is 0 Å². The summed E-state index contributed by atoms with van der Waals surface area (Å²) in [6.07, 6.45) is 5.28. The maximum absolute atomic E-state index is 11.9. The molecule has 4 fully saturated rings. The number of nitrogens with zero attached hydrogens (tertiary/aromatic N) is 6. The Morgan fingerprint density at radius 2 is 0.883 bits per heavy atom. The quantitative estimate of drug-likeness (QED) is 0.0253. The van der Waals surface area contributed by atoms with Gasteiger partial charge in [0.05, 0.1) is 17.7 Å². The molecule has 2 aromatic heterocycles. The lowest BCUT2D eigenvalue weighted by molar-refractivity contribution is -0.197. The Morgan fingerprint density at radius 1 is 0.479 bits per heavy atom. The van der Waals surface area contributed by atoms with Gasteiger partial charge in [-0.25, -0.2) is 49.6 Å². The molecule has 5 N–H and O–H groups in total. The molecule has 11 amide bonds. The number of unbranched alkanes of at least 4 members (excludes halogenated alkanes) is 2. The Morgan fingerprint density at radius 3 is 1.31 bits per heavy atom. The van der Waals surface area contributed by atoms with E-state index in [1.54, 1.807) is 75.5 Å². The Bertz CT molecular complexity index is 3080. The fraction of sp³-hybridized carbons (Fsp3) is 0.466. The molecule has 0 spiro atoms. The number of carbonyl (C=O) groups is 15. The third-order valence-corrected chi connectivity index (χ3v) is 15.7. The lowest BCUT2D eigenvalue weighted by atomic mass is 10.2. The van der Waals surface area contributed by atoms with Crippen LogP contribution in [0.5, 0.6) is 0 Å². The zero-order valence-corrected chi connectivity index (χ0v) is 54.8. The van der Waals surface area contributed by atoms with E-state index in [2.05, 4.69) is 41.8 Å². The van der Waals surface area contributed by atoms with E-state index < -0.39 is 101 Å². The Kier molecular flexibility index (Phi) is 34.6. The first-order chi connectivity index (χ1) is 44.1. The lowest BCUT2D eigenvalue weighted by Gasteiger charge is -2.20. The average Bonchev–Trinajstić information content (AvgIpc) is 1.78. The number of imide groups is 4. The molecule has 94 heavy (non-hydrogen) atoms. The molecular formula is C58H75N11O21S4. The molecule has 3 aromatic rings. The highest BCUT2D eigenvalue weighted by Crippen LogP contribution is 2.30. The van der Waals surface area contributed by atoms with Crippen LogP contribution in [0, 0.1) is 0 Å². The minimum absolute atomic E-state index is 0. The van der Waals surface area contributed by atoms with Crippen LogP contribution in [0.2, 0.25) is 0 Å². The van der Waals surface area contributed by atoms with Crippen molar-refractivity contribution in [1.82, 2.24) is 51.8 Å². The minimum Gasteiger partial charge on any atom is -0.443 e. The number of amides is 11. The second-order valence-electron chi connectivity index (χ2n) is 21.2. The number of hydrogen-bond donors (Lipinski definition) is 5. The lowest BCUT2D eigenvalue weighted by Crippen LogP contribution is -2.45. The van der Waals surface area contributed by atoms with Gasteiger partial charge in [-0.2, -0.15) is 0 Å². The van der Waals surface area contributed by atoms with Crippen LogP contribution >= 0.6 is 43.2 Å². The molecule has 0 atom stereocenters. The second-order valence-corrected chi connectivity index (χ2v) is 26.1. The summed E-state index contributed by atoms with van der Waals surface area (Å²) in [4.78, 5) is 199. The highest BCUT2D eigenvalue weighted by molar-refractivity contribution is 8.77. The summed E-state index contributed by atoms with van der Waals surface area (Å²) >= 11 is 0. The number of rotatable bonds is 26. The third kappa shape index (κ3) is 31.6. The summed E-state index contributed by atoms with van der Waals surface area (Å²) < 4.78 is 9.96. The number of hydrogen-bond acceptors (Lipinski definition) is 29. The van der Waals surface area contributed by atoms with Crippen LogP contribution in [0.15, 0.2) is 83.1 Å². The summed E-state index contributed by atoms with van der Waals surface area (Å²) in [6, 6.07) is 17.2. The Balaban J connectivity index is 0.000000329.